The van der Waals surface area contributed by atoms with Crippen LogP contribution in [0, 0.1) is 6.92 Å². The van der Waals surface area contributed by atoms with Crippen LogP contribution in [-0.2, 0) is 0 Å². The zero-order valence-corrected chi connectivity index (χ0v) is 14.6. The average molecular weight is 354 g/mol. The maximum atomic E-state index is 13.0. The van der Waals surface area contributed by atoms with E-state index in [1.54, 1.807) is 0 Å². The fourth-order valence-corrected chi connectivity index (χ4v) is 3.41. The standard InChI is InChI=1S/C16H24BrN3O/c1-4-13-10-19(3)6-5-7-20(13)16(21)14-8-12(17)9-15(18)11(14)2/h8-9,13H,4-7,10,18H2,1-3H3. The second kappa shape index (κ2) is 6.79. The highest BCUT2D eigenvalue weighted by molar-refractivity contribution is 9.10. The molecule has 4 nitrogen and oxygen atoms in total. The zero-order chi connectivity index (χ0) is 15.6. The minimum atomic E-state index is 0.0997. The number of carbonyl (C=O) groups is 1. The molecular weight excluding hydrogens is 330 g/mol. The van der Waals surface area contributed by atoms with Crippen LogP contribution in [0.4, 0.5) is 5.69 Å². The number of amides is 1. The lowest BCUT2D eigenvalue weighted by molar-refractivity contribution is 0.0675. The van der Waals surface area contributed by atoms with Gasteiger partial charge in [-0.15, -0.1) is 0 Å². The molecule has 0 radical (unpaired) electrons. The molecule has 0 aliphatic carbocycles. The molecule has 0 aromatic heterocycles. The molecule has 1 amide bonds. The summed E-state index contributed by atoms with van der Waals surface area (Å²) < 4.78 is 0.855. The number of nitrogen functional groups attached to an aromatic ring is 1. The third-order valence-electron chi connectivity index (χ3n) is 4.28. The Morgan fingerprint density at radius 2 is 2.14 bits per heavy atom. The van der Waals surface area contributed by atoms with Crippen molar-refractivity contribution in [2.45, 2.75) is 32.7 Å². The summed E-state index contributed by atoms with van der Waals surface area (Å²) in [6, 6.07) is 4.00. The molecule has 21 heavy (non-hydrogen) atoms. The Morgan fingerprint density at radius 3 is 2.81 bits per heavy atom. The van der Waals surface area contributed by atoms with Crippen molar-refractivity contribution < 1.29 is 4.79 Å². The monoisotopic (exact) mass is 353 g/mol. The summed E-state index contributed by atoms with van der Waals surface area (Å²) in [5, 5.41) is 0. The van der Waals surface area contributed by atoms with Crippen molar-refractivity contribution in [2.75, 3.05) is 32.4 Å². The Balaban J connectivity index is 2.33. The first-order valence-corrected chi connectivity index (χ1v) is 8.28. The van der Waals surface area contributed by atoms with Gasteiger partial charge in [0.1, 0.15) is 0 Å². The van der Waals surface area contributed by atoms with Crippen molar-refractivity contribution in [1.82, 2.24) is 9.80 Å². The number of halogens is 1. The fraction of sp³-hybridized carbons (Fsp3) is 0.562. The number of anilines is 1. The van der Waals surface area contributed by atoms with Crippen LogP contribution >= 0.6 is 15.9 Å². The highest BCUT2D eigenvalue weighted by Crippen LogP contribution is 2.25. The van der Waals surface area contributed by atoms with E-state index in [2.05, 4.69) is 34.8 Å². The summed E-state index contributed by atoms with van der Waals surface area (Å²) in [5.74, 6) is 0.0997. The van der Waals surface area contributed by atoms with Crippen LogP contribution in [0.3, 0.4) is 0 Å². The molecule has 1 atom stereocenters. The Morgan fingerprint density at radius 1 is 1.43 bits per heavy atom. The summed E-state index contributed by atoms with van der Waals surface area (Å²) in [6.07, 6.45) is 1.99. The number of nitrogens with two attached hydrogens (primary N) is 1. The summed E-state index contributed by atoms with van der Waals surface area (Å²) in [4.78, 5) is 17.3. The molecule has 2 rings (SSSR count). The molecule has 1 aliphatic heterocycles. The second-order valence-electron chi connectivity index (χ2n) is 5.84. The molecule has 1 fully saturated rings. The quantitative estimate of drug-likeness (QED) is 0.831. The third-order valence-corrected chi connectivity index (χ3v) is 4.74. The van der Waals surface area contributed by atoms with Crippen molar-refractivity contribution in [3.8, 4) is 0 Å². The van der Waals surface area contributed by atoms with Gasteiger partial charge in [-0.05, 0) is 51.1 Å². The van der Waals surface area contributed by atoms with E-state index in [0.717, 1.165) is 42.5 Å². The molecule has 1 aromatic carbocycles. The van der Waals surface area contributed by atoms with Crippen LogP contribution in [0.2, 0.25) is 0 Å². The number of likely N-dealkylation sites (N-methyl/N-ethyl adjacent to an activating group) is 1. The van der Waals surface area contributed by atoms with Gasteiger partial charge in [0.05, 0.1) is 0 Å². The van der Waals surface area contributed by atoms with Gasteiger partial charge in [-0.25, -0.2) is 0 Å². The van der Waals surface area contributed by atoms with E-state index in [1.807, 2.05) is 24.0 Å². The number of hydrogen-bond acceptors (Lipinski definition) is 3. The lowest BCUT2D eigenvalue weighted by Gasteiger charge is -2.31. The van der Waals surface area contributed by atoms with Crippen molar-refractivity contribution >= 4 is 27.5 Å². The van der Waals surface area contributed by atoms with E-state index in [4.69, 9.17) is 5.73 Å². The molecule has 0 spiro atoms. The van der Waals surface area contributed by atoms with Gasteiger partial charge in [0.2, 0.25) is 0 Å². The lowest BCUT2D eigenvalue weighted by atomic mass is 10.0. The SMILES string of the molecule is CCC1CN(C)CCCN1C(=O)c1cc(Br)cc(N)c1C. The number of nitrogens with zero attached hydrogens (tertiary/aromatic N) is 2. The molecule has 0 saturated carbocycles. The molecule has 2 N–H and O–H groups in total. The number of carbonyl (C=O) groups excluding carboxylic acids is 1. The van der Waals surface area contributed by atoms with Crippen molar-refractivity contribution in [3.05, 3.63) is 27.7 Å². The smallest absolute Gasteiger partial charge is 0.254 e. The van der Waals surface area contributed by atoms with Crippen LogP contribution in [0.5, 0.6) is 0 Å². The zero-order valence-electron chi connectivity index (χ0n) is 13.0. The molecule has 1 heterocycles. The largest absolute Gasteiger partial charge is 0.398 e. The van der Waals surface area contributed by atoms with E-state index in [0.29, 0.717) is 11.3 Å². The summed E-state index contributed by atoms with van der Waals surface area (Å²) in [6.45, 7) is 6.85. The van der Waals surface area contributed by atoms with Crippen LogP contribution in [0.1, 0.15) is 35.7 Å². The molecule has 0 bridgehead atoms. The third kappa shape index (κ3) is 3.58. The highest BCUT2D eigenvalue weighted by Gasteiger charge is 2.28. The van der Waals surface area contributed by atoms with Gasteiger partial charge in [-0.2, -0.15) is 0 Å². The van der Waals surface area contributed by atoms with Gasteiger partial charge in [0.25, 0.3) is 5.91 Å². The predicted octanol–water partition coefficient (Wildman–Crippen LogP) is 2.90. The Kier molecular flexibility index (Phi) is 5.27. The van der Waals surface area contributed by atoms with E-state index >= 15 is 0 Å². The van der Waals surface area contributed by atoms with Crippen molar-refractivity contribution in [3.63, 3.8) is 0 Å². The summed E-state index contributed by atoms with van der Waals surface area (Å²) in [7, 11) is 2.12. The Bertz CT molecular complexity index is 532. The van der Waals surface area contributed by atoms with Crippen molar-refractivity contribution in [2.24, 2.45) is 0 Å². The van der Waals surface area contributed by atoms with E-state index in [9.17, 15) is 4.79 Å². The number of benzene rings is 1. The second-order valence-corrected chi connectivity index (χ2v) is 6.76. The lowest BCUT2D eigenvalue weighted by Crippen LogP contribution is -2.43. The maximum absolute atomic E-state index is 13.0. The summed E-state index contributed by atoms with van der Waals surface area (Å²) in [5.41, 5.74) is 8.24. The van der Waals surface area contributed by atoms with Crippen LogP contribution in [0.15, 0.2) is 16.6 Å². The first-order valence-electron chi connectivity index (χ1n) is 7.49. The molecule has 116 valence electrons. The number of rotatable bonds is 2. The maximum Gasteiger partial charge on any atom is 0.254 e. The summed E-state index contributed by atoms with van der Waals surface area (Å²) >= 11 is 3.44. The number of hydrogen-bond donors (Lipinski definition) is 1. The van der Waals surface area contributed by atoms with Gasteiger partial charge < -0.3 is 15.5 Å². The van der Waals surface area contributed by atoms with E-state index in [1.165, 1.54) is 0 Å². The first-order chi connectivity index (χ1) is 9.93. The van der Waals surface area contributed by atoms with Crippen molar-refractivity contribution in [1.29, 1.82) is 0 Å². The topological polar surface area (TPSA) is 49.6 Å². The highest BCUT2D eigenvalue weighted by atomic mass is 79.9. The van der Waals surface area contributed by atoms with Gasteiger partial charge in [0.15, 0.2) is 0 Å². The molecule has 1 saturated heterocycles. The molecule has 1 aliphatic rings. The fourth-order valence-electron chi connectivity index (χ4n) is 2.94. The minimum Gasteiger partial charge on any atom is -0.398 e. The Labute approximate surface area is 135 Å². The molecular formula is C16H24BrN3O. The van der Waals surface area contributed by atoms with Gasteiger partial charge in [0, 0.05) is 34.9 Å². The molecule has 1 unspecified atom stereocenters. The van der Waals surface area contributed by atoms with E-state index < -0.39 is 0 Å². The first kappa shape index (κ1) is 16.3. The minimum absolute atomic E-state index is 0.0997. The molecule has 1 aromatic rings. The Hall–Kier alpha value is -1.07. The average Bonchev–Trinajstić information content (AvgIpc) is 2.63. The van der Waals surface area contributed by atoms with Gasteiger partial charge in [-0.1, -0.05) is 22.9 Å². The van der Waals surface area contributed by atoms with Gasteiger partial charge >= 0.3 is 0 Å². The van der Waals surface area contributed by atoms with E-state index in [-0.39, 0.29) is 11.9 Å². The van der Waals surface area contributed by atoms with Crippen LogP contribution in [0.25, 0.3) is 0 Å². The predicted molar refractivity (Wildman–Crippen MR) is 90.5 cm³/mol. The normalized spacial score (nSPS) is 20.4. The van der Waals surface area contributed by atoms with Crippen LogP contribution in [-0.4, -0.2) is 48.4 Å². The van der Waals surface area contributed by atoms with Gasteiger partial charge in [-0.3, -0.25) is 4.79 Å². The molecule has 5 heteroatoms. The van der Waals surface area contributed by atoms with Crippen LogP contribution < -0.4 is 5.73 Å².